The van der Waals surface area contributed by atoms with Gasteiger partial charge in [0, 0.05) is 0 Å². The molecule has 0 aromatic heterocycles. The molecule has 28 heavy (non-hydrogen) atoms. The van der Waals surface area contributed by atoms with Crippen LogP contribution in [0.4, 0.5) is 4.79 Å². The van der Waals surface area contributed by atoms with Crippen LogP contribution >= 0.6 is 0 Å². The lowest BCUT2D eigenvalue weighted by molar-refractivity contribution is -0.151. The zero-order chi connectivity index (χ0) is 20.9. The second kappa shape index (κ2) is 8.91. The molecule has 8 nitrogen and oxygen atoms in total. The summed E-state index contributed by atoms with van der Waals surface area (Å²) < 4.78 is 5.26. The SMILES string of the molecule is C#CCN1CC(=O)N(COC(=O)[C@@H]2[C@@H](/C=C(\C)C=NOCCC)C2(C)C)C1=O. The lowest BCUT2D eigenvalue weighted by atomic mass is 10.1. The maximum absolute atomic E-state index is 12.5. The van der Waals surface area contributed by atoms with E-state index >= 15 is 0 Å². The molecule has 3 amide bonds. The molecule has 0 spiro atoms. The van der Waals surface area contributed by atoms with Crippen LogP contribution in [0.3, 0.4) is 0 Å². The average molecular weight is 389 g/mol. The van der Waals surface area contributed by atoms with Crippen molar-refractivity contribution >= 4 is 24.1 Å². The number of terminal acetylenes is 1. The number of rotatable bonds is 9. The number of esters is 1. The molecule has 0 radical (unpaired) electrons. The third kappa shape index (κ3) is 4.71. The zero-order valence-corrected chi connectivity index (χ0v) is 16.8. The van der Waals surface area contributed by atoms with Gasteiger partial charge in [0.15, 0.2) is 6.73 Å². The highest BCUT2D eigenvalue weighted by molar-refractivity contribution is 6.02. The number of ether oxygens (including phenoxy) is 1. The summed E-state index contributed by atoms with van der Waals surface area (Å²) in [6, 6.07) is -0.540. The molecular weight excluding hydrogens is 362 g/mol. The number of carbonyl (C=O) groups excluding carboxylic acids is 3. The monoisotopic (exact) mass is 389 g/mol. The predicted octanol–water partition coefficient (Wildman–Crippen LogP) is 2.02. The molecule has 0 aromatic rings. The summed E-state index contributed by atoms with van der Waals surface area (Å²) in [5.41, 5.74) is 0.615. The standard InChI is InChI=1S/C20H27N3O5/c1-6-8-22-12-16(24)23(19(22)26)13-27-18(25)17-15(20(17,4)5)10-14(3)11-21-28-9-7-2/h1,10-11,15,17H,7-9,12-13H2,2-5H3/b14-10+,21-11?/t15-,17+/m1/s1. The van der Waals surface area contributed by atoms with Crippen LogP contribution < -0.4 is 0 Å². The van der Waals surface area contributed by atoms with Crippen LogP contribution in [0.25, 0.3) is 0 Å². The molecule has 2 rings (SSSR count). The Bertz CT molecular complexity index is 735. The summed E-state index contributed by atoms with van der Waals surface area (Å²) in [5, 5.41) is 3.88. The summed E-state index contributed by atoms with van der Waals surface area (Å²) in [4.78, 5) is 43.7. The van der Waals surface area contributed by atoms with Crippen molar-refractivity contribution in [3.63, 3.8) is 0 Å². The van der Waals surface area contributed by atoms with E-state index in [2.05, 4.69) is 11.1 Å². The van der Waals surface area contributed by atoms with E-state index in [9.17, 15) is 14.4 Å². The highest BCUT2D eigenvalue weighted by Crippen LogP contribution is 2.59. The summed E-state index contributed by atoms with van der Waals surface area (Å²) in [6.07, 6.45) is 9.64. The number of carbonyl (C=O) groups is 3. The van der Waals surface area contributed by atoms with Gasteiger partial charge in [-0.1, -0.05) is 37.9 Å². The van der Waals surface area contributed by atoms with E-state index in [1.165, 1.54) is 4.90 Å². The van der Waals surface area contributed by atoms with Gasteiger partial charge in [0.25, 0.3) is 5.91 Å². The van der Waals surface area contributed by atoms with Crippen LogP contribution in [0.15, 0.2) is 16.8 Å². The van der Waals surface area contributed by atoms with Crippen molar-refractivity contribution in [1.82, 2.24) is 9.80 Å². The summed E-state index contributed by atoms with van der Waals surface area (Å²) in [6.45, 7) is 7.93. The van der Waals surface area contributed by atoms with Gasteiger partial charge in [0.2, 0.25) is 0 Å². The van der Waals surface area contributed by atoms with Crippen LogP contribution in [-0.4, -0.2) is 60.3 Å². The van der Waals surface area contributed by atoms with Crippen molar-refractivity contribution in [2.24, 2.45) is 22.4 Å². The molecule has 0 aromatic carbocycles. The van der Waals surface area contributed by atoms with Gasteiger partial charge in [0.05, 0.1) is 18.7 Å². The third-order valence-electron chi connectivity index (χ3n) is 4.98. The first-order valence-electron chi connectivity index (χ1n) is 9.27. The molecule has 8 heteroatoms. The predicted molar refractivity (Wildman–Crippen MR) is 103 cm³/mol. The number of urea groups is 1. The number of nitrogens with zero attached hydrogens (tertiary/aromatic N) is 3. The fraction of sp³-hybridized carbons (Fsp3) is 0.600. The van der Waals surface area contributed by atoms with Gasteiger partial charge >= 0.3 is 12.0 Å². The van der Waals surface area contributed by atoms with E-state index in [1.54, 1.807) is 6.21 Å². The minimum absolute atomic E-state index is 0.0134. The van der Waals surface area contributed by atoms with E-state index in [0.29, 0.717) is 6.61 Å². The number of imide groups is 1. The quantitative estimate of drug-likeness (QED) is 0.150. The molecule has 2 fully saturated rings. The summed E-state index contributed by atoms with van der Waals surface area (Å²) >= 11 is 0. The zero-order valence-electron chi connectivity index (χ0n) is 16.8. The fourth-order valence-electron chi connectivity index (χ4n) is 3.20. The van der Waals surface area contributed by atoms with Gasteiger partial charge in [-0.3, -0.25) is 9.59 Å². The Morgan fingerprint density at radius 2 is 2.14 bits per heavy atom. The first-order chi connectivity index (χ1) is 13.2. The first-order valence-corrected chi connectivity index (χ1v) is 9.27. The molecule has 0 unspecified atom stereocenters. The highest BCUT2D eigenvalue weighted by atomic mass is 16.6. The van der Waals surface area contributed by atoms with E-state index in [1.807, 2.05) is 33.8 Å². The molecule has 0 bridgehead atoms. The molecule has 2 aliphatic rings. The Balaban J connectivity index is 1.90. The van der Waals surface area contributed by atoms with Gasteiger partial charge in [0.1, 0.15) is 13.2 Å². The van der Waals surface area contributed by atoms with Gasteiger partial charge < -0.3 is 14.5 Å². The largest absolute Gasteiger partial charge is 0.443 e. The van der Waals surface area contributed by atoms with Crippen molar-refractivity contribution in [3.8, 4) is 12.3 Å². The molecule has 1 heterocycles. The number of hydrogen-bond donors (Lipinski definition) is 0. The Kier molecular flexibility index (Phi) is 6.84. The van der Waals surface area contributed by atoms with E-state index in [4.69, 9.17) is 16.0 Å². The van der Waals surface area contributed by atoms with Gasteiger partial charge in [-0.15, -0.1) is 6.42 Å². The highest BCUT2D eigenvalue weighted by Gasteiger charge is 2.61. The lowest BCUT2D eigenvalue weighted by Gasteiger charge is -2.15. The van der Waals surface area contributed by atoms with Crippen molar-refractivity contribution in [3.05, 3.63) is 11.6 Å². The van der Waals surface area contributed by atoms with E-state index in [-0.39, 0.29) is 30.3 Å². The molecule has 0 N–H and O–H groups in total. The Labute approximate surface area is 165 Å². The van der Waals surface area contributed by atoms with Crippen LogP contribution in [0.5, 0.6) is 0 Å². The van der Waals surface area contributed by atoms with Crippen molar-refractivity contribution < 1.29 is 24.0 Å². The summed E-state index contributed by atoms with van der Waals surface area (Å²) in [7, 11) is 0. The Morgan fingerprint density at radius 1 is 1.43 bits per heavy atom. The lowest BCUT2D eigenvalue weighted by Crippen LogP contribution is -2.36. The Morgan fingerprint density at radius 3 is 2.79 bits per heavy atom. The molecule has 152 valence electrons. The molecule has 2 atom stereocenters. The molecular formula is C20H27N3O5. The number of oxime groups is 1. The van der Waals surface area contributed by atoms with Crippen molar-refractivity contribution in [1.29, 1.82) is 0 Å². The van der Waals surface area contributed by atoms with E-state index < -0.39 is 24.6 Å². The average Bonchev–Trinajstić information content (AvgIpc) is 3.05. The smallest absolute Gasteiger partial charge is 0.330 e. The molecule has 1 aliphatic carbocycles. The summed E-state index contributed by atoms with van der Waals surface area (Å²) in [5.74, 6) is 1.10. The fourth-order valence-corrected chi connectivity index (χ4v) is 3.20. The third-order valence-corrected chi connectivity index (χ3v) is 4.98. The second-order valence-electron chi connectivity index (χ2n) is 7.56. The molecule has 1 aliphatic heterocycles. The Hall–Kier alpha value is -2.82. The first kappa shape index (κ1) is 21.5. The van der Waals surface area contributed by atoms with Crippen LogP contribution in [0.2, 0.25) is 0 Å². The van der Waals surface area contributed by atoms with Crippen LogP contribution in [0, 0.1) is 29.6 Å². The number of hydrogen-bond acceptors (Lipinski definition) is 6. The maximum Gasteiger partial charge on any atom is 0.330 e. The topological polar surface area (TPSA) is 88.5 Å². The maximum atomic E-state index is 12.5. The van der Waals surface area contributed by atoms with Gasteiger partial charge in [-0.25, -0.2) is 9.69 Å². The van der Waals surface area contributed by atoms with Crippen molar-refractivity contribution in [2.45, 2.75) is 34.1 Å². The van der Waals surface area contributed by atoms with E-state index in [0.717, 1.165) is 16.9 Å². The minimum atomic E-state index is -0.540. The van der Waals surface area contributed by atoms with Crippen molar-refractivity contribution in [2.75, 3.05) is 26.4 Å². The van der Waals surface area contributed by atoms with Gasteiger partial charge in [-0.2, -0.15) is 0 Å². The number of allylic oxidation sites excluding steroid dienone is 2. The number of amides is 3. The normalized spacial score (nSPS) is 23.9. The van der Waals surface area contributed by atoms with Crippen LogP contribution in [-0.2, 0) is 19.2 Å². The molecule has 1 saturated heterocycles. The second-order valence-corrected chi connectivity index (χ2v) is 7.56. The minimum Gasteiger partial charge on any atom is -0.443 e. The van der Waals surface area contributed by atoms with Gasteiger partial charge in [-0.05, 0) is 30.3 Å². The van der Waals surface area contributed by atoms with Crippen LogP contribution in [0.1, 0.15) is 34.1 Å². The molecule has 1 saturated carbocycles.